The van der Waals surface area contributed by atoms with Crippen LogP contribution < -0.4 is 27.4 Å². The Morgan fingerprint density at radius 3 is 2.36 bits per heavy atom. The third-order valence-electron chi connectivity index (χ3n) is 6.87. The van der Waals surface area contributed by atoms with Gasteiger partial charge in [-0.1, -0.05) is 18.2 Å². The summed E-state index contributed by atoms with van der Waals surface area (Å²) in [6, 6.07) is 3.53. The van der Waals surface area contributed by atoms with Gasteiger partial charge in [0, 0.05) is 35.4 Å². The van der Waals surface area contributed by atoms with Crippen LogP contribution in [0.4, 0.5) is 0 Å². The number of amides is 3. The molecule has 0 aliphatic carbocycles. The maximum Gasteiger partial charge on any atom is 0.326 e. The molecule has 3 aromatic rings. The highest BCUT2D eigenvalue weighted by atomic mass is 32.2. The first kappa shape index (κ1) is 32.6. The number of hydrogen-bond donors (Lipinski definition) is 8. The van der Waals surface area contributed by atoms with E-state index in [0.717, 1.165) is 16.5 Å². The normalized spacial score (nSPS) is 14.1. The Labute approximate surface area is 248 Å². The van der Waals surface area contributed by atoms with E-state index in [2.05, 4.69) is 30.9 Å². The third kappa shape index (κ3) is 9.60. The first-order chi connectivity index (χ1) is 20.2. The Hall–Kier alpha value is -3.88. The summed E-state index contributed by atoms with van der Waals surface area (Å²) in [6.45, 7) is 0.417. The summed E-state index contributed by atoms with van der Waals surface area (Å²) in [4.78, 5) is 61.6. The van der Waals surface area contributed by atoms with Gasteiger partial charge in [0.2, 0.25) is 17.7 Å². The Bertz CT molecular complexity index is 1310. The Morgan fingerprint density at radius 1 is 0.952 bits per heavy atom. The molecule has 42 heavy (non-hydrogen) atoms. The number of hydrogen-bond acceptors (Lipinski definition) is 8. The molecule has 13 nitrogen and oxygen atoms in total. The van der Waals surface area contributed by atoms with Crippen molar-refractivity contribution >= 4 is 46.4 Å². The van der Waals surface area contributed by atoms with Gasteiger partial charge in [-0.15, -0.1) is 0 Å². The number of nitrogens with zero attached hydrogens (tertiary/aromatic N) is 1. The fourth-order valence-corrected chi connectivity index (χ4v) is 5.01. The smallest absolute Gasteiger partial charge is 0.326 e. The van der Waals surface area contributed by atoms with E-state index in [1.807, 2.05) is 36.7 Å². The second kappa shape index (κ2) is 16.5. The quantitative estimate of drug-likeness (QED) is 0.0947. The van der Waals surface area contributed by atoms with Gasteiger partial charge in [-0.05, 0) is 62.3 Å². The number of nitrogens with two attached hydrogens (primary N) is 2. The predicted octanol–water partition coefficient (Wildman–Crippen LogP) is 0.425. The fraction of sp³-hybridized carbons (Fsp3) is 0.464. The van der Waals surface area contributed by atoms with Crippen molar-refractivity contribution in [1.29, 1.82) is 0 Å². The van der Waals surface area contributed by atoms with Crippen LogP contribution >= 0.6 is 11.8 Å². The number of para-hydroxylation sites is 1. The van der Waals surface area contributed by atoms with Crippen molar-refractivity contribution in [3.8, 4) is 0 Å². The summed E-state index contributed by atoms with van der Waals surface area (Å²) in [5, 5.41) is 18.5. The minimum atomic E-state index is -1.17. The van der Waals surface area contributed by atoms with E-state index in [-0.39, 0.29) is 25.7 Å². The molecule has 0 radical (unpaired) electrons. The molecule has 0 fully saturated rings. The molecule has 2 heterocycles. The Kier molecular flexibility index (Phi) is 12.8. The average Bonchev–Trinajstić information content (AvgIpc) is 3.64. The minimum absolute atomic E-state index is 0.0377. The van der Waals surface area contributed by atoms with Crippen LogP contribution in [0.25, 0.3) is 10.9 Å². The van der Waals surface area contributed by atoms with E-state index < -0.39 is 47.9 Å². The number of unbranched alkanes of at least 4 members (excludes halogenated alkanes) is 1. The SMILES string of the molecule is CSCCC(NC(=O)C(Cc1cnc[nH]1)NC(=O)C(CCCCN)NC(=O)C(N)Cc1c[nH]c2ccccc12)C(=O)O. The van der Waals surface area contributed by atoms with E-state index in [1.54, 1.807) is 0 Å². The number of imidazole rings is 1. The second-order valence-corrected chi connectivity index (χ2v) is 11.0. The zero-order chi connectivity index (χ0) is 30.5. The highest BCUT2D eigenvalue weighted by Gasteiger charge is 2.30. The van der Waals surface area contributed by atoms with Crippen LogP contribution in [0.2, 0.25) is 0 Å². The number of thioether (sulfide) groups is 1. The van der Waals surface area contributed by atoms with Crippen LogP contribution in [0.1, 0.15) is 36.9 Å². The number of carboxylic acids is 1. The van der Waals surface area contributed by atoms with E-state index in [9.17, 15) is 24.3 Å². The molecular formula is C28H40N8O5S. The second-order valence-electron chi connectivity index (χ2n) is 10.0. The molecule has 0 aliphatic rings. The van der Waals surface area contributed by atoms with Gasteiger partial charge in [0.25, 0.3) is 0 Å². The zero-order valence-corrected chi connectivity index (χ0v) is 24.4. The molecule has 4 atom stereocenters. The lowest BCUT2D eigenvalue weighted by molar-refractivity contribution is -0.142. The molecule has 3 amide bonds. The lowest BCUT2D eigenvalue weighted by atomic mass is 10.0. The van der Waals surface area contributed by atoms with Gasteiger partial charge >= 0.3 is 5.97 Å². The molecule has 4 unspecified atom stereocenters. The van der Waals surface area contributed by atoms with Gasteiger partial charge < -0.3 is 42.5 Å². The van der Waals surface area contributed by atoms with Crippen LogP contribution in [0.15, 0.2) is 43.0 Å². The third-order valence-corrected chi connectivity index (χ3v) is 7.51. The van der Waals surface area contributed by atoms with E-state index >= 15 is 0 Å². The summed E-state index contributed by atoms with van der Waals surface area (Å²) in [7, 11) is 0. The lowest BCUT2D eigenvalue weighted by Gasteiger charge is -2.25. The summed E-state index contributed by atoms with van der Waals surface area (Å²) < 4.78 is 0. The number of aliphatic carboxylic acids is 1. The molecule has 2 aromatic heterocycles. The van der Waals surface area contributed by atoms with Crippen molar-refractivity contribution in [2.45, 2.75) is 62.7 Å². The van der Waals surface area contributed by atoms with Gasteiger partial charge in [0.1, 0.15) is 18.1 Å². The maximum atomic E-state index is 13.5. The molecule has 10 N–H and O–H groups in total. The van der Waals surface area contributed by atoms with Gasteiger partial charge in [-0.2, -0.15) is 11.8 Å². The Morgan fingerprint density at radius 2 is 1.67 bits per heavy atom. The standard InChI is InChI=1S/C28H40N8O5S/c1-42-11-9-23(28(40)41)35-27(39)24(13-18-15-31-16-33-18)36-26(38)22(8-4-5-10-29)34-25(37)20(30)12-17-14-32-21-7-3-2-6-19(17)21/h2-3,6-7,14-16,20,22-24,32H,4-5,8-13,29-30H2,1H3,(H,31,33)(H,34,37)(H,35,39)(H,36,38)(H,40,41). The van der Waals surface area contributed by atoms with Crippen molar-refractivity contribution in [1.82, 2.24) is 30.9 Å². The number of rotatable bonds is 18. The van der Waals surface area contributed by atoms with Crippen LogP contribution in [0, 0.1) is 0 Å². The zero-order valence-electron chi connectivity index (χ0n) is 23.6. The number of nitrogens with one attached hydrogen (secondary N) is 5. The highest BCUT2D eigenvalue weighted by molar-refractivity contribution is 7.98. The van der Waals surface area contributed by atoms with Crippen molar-refractivity contribution in [2.24, 2.45) is 11.5 Å². The van der Waals surface area contributed by atoms with E-state index in [4.69, 9.17) is 11.5 Å². The highest BCUT2D eigenvalue weighted by Crippen LogP contribution is 2.19. The van der Waals surface area contributed by atoms with E-state index in [0.29, 0.717) is 30.8 Å². The number of aromatic nitrogens is 3. The first-order valence-electron chi connectivity index (χ1n) is 13.8. The topological polar surface area (TPSA) is 221 Å². The Balaban J connectivity index is 1.72. The molecule has 14 heteroatoms. The van der Waals surface area contributed by atoms with Crippen LogP contribution in [0.5, 0.6) is 0 Å². The fourth-order valence-electron chi connectivity index (χ4n) is 4.53. The molecule has 0 spiro atoms. The number of H-pyrrole nitrogens is 2. The monoisotopic (exact) mass is 600 g/mol. The summed E-state index contributed by atoms with van der Waals surface area (Å²) >= 11 is 1.46. The number of carboxylic acid groups (broad SMARTS) is 1. The van der Waals surface area contributed by atoms with Crippen molar-refractivity contribution < 1.29 is 24.3 Å². The minimum Gasteiger partial charge on any atom is -0.480 e. The number of carbonyl (C=O) groups excluding carboxylic acids is 3. The van der Waals surface area contributed by atoms with Gasteiger partial charge in [0.05, 0.1) is 12.4 Å². The molecular weight excluding hydrogens is 560 g/mol. The van der Waals surface area contributed by atoms with Crippen LogP contribution in [-0.4, -0.2) is 86.5 Å². The van der Waals surface area contributed by atoms with Crippen LogP contribution in [0.3, 0.4) is 0 Å². The summed E-state index contributed by atoms with van der Waals surface area (Å²) in [6.07, 6.45) is 8.58. The van der Waals surface area contributed by atoms with Crippen molar-refractivity contribution in [3.63, 3.8) is 0 Å². The molecule has 228 valence electrons. The summed E-state index contributed by atoms with van der Waals surface area (Å²) in [5.74, 6) is -2.39. The number of carbonyl (C=O) groups is 4. The maximum absolute atomic E-state index is 13.5. The van der Waals surface area contributed by atoms with Crippen molar-refractivity contribution in [3.05, 3.63) is 54.2 Å². The summed E-state index contributed by atoms with van der Waals surface area (Å²) in [5.41, 5.74) is 14.3. The van der Waals surface area contributed by atoms with Gasteiger partial charge in [-0.3, -0.25) is 14.4 Å². The van der Waals surface area contributed by atoms with Gasteiger partial charge in [-0.25, -0.2) is 9.78 Å². The van der Waals surface area contributed by atoms with Gasteiger partial charge in [0.15, 0.2) is 0 Å². The molecule has 3 rings (SSSR count). The average molecular weight is 601 g/mol. The van der Waals surface area contributed by atoms with Crippen LogP contribution in [-0.2, 0) is 32.0 Å². The molecule has 0 saturated heterocycles. The van der Waals surface area contributed by atoms with Crippen molar-refractivity contribution in [2.75, 3.05) is 18.6 Å². The van der Waals surface area contributed by atoms with E-state index in [1.165, 1.54) is 24.3 Å². The molecule has 0 aliphatic heterocycles. The number of benzene rings is 1. The largest absolute Gasteiger partial charge is 0.480 e. The molecule has 1 aromatic carbocycles. The first-order valence-corrected chi connectivity index (χ1v) is 15.2. The molecule has 0 bridgehead atoms. The lowest BCUT2D eigenvalue weighted by Crippen LogP contribution is -2.57. The number of aromatic amines is 2. The predicted molar refractivity (Wildman–Crippen MR) is 162 cm³/mol. The molecule has 0 saturated carbocycles. The number of fused-ring (bicyclic) bond motifs is 1.